The first-order chi connectivity index (χ1) is 11.1. The number of rotatable bonds is 2. The SMILES string of the molecule is FC(F)(F)c1c[nH]c(-c2cccc(-c3cc(C(F)(F)F)c[nH]3)n2)c1. The normalized spacial score (nSPS) is 12.6. The van der Waals surface area contributed by atoms with Crippen molar-refractivity contribution in [2.24, 2.45) is 0 Å². The van der Waals surface area contributed by atoms with Crippen molar-refractivity contribution in [3.05, 3.63) is 53.9 Å². The first-order valence-electron chi connectivity index (χ1n) is 6.63. The summed E-state index contributed by atoms with van der Waals surface area (Å²) in [5.41, 5.74) is -1.11. The van der Waals surface area contributed by atoms with Gasteiger partial charge in [0.1, 0.15) is 0 Å². The monoisotopic (exact) mass is 345 g/mol. The van der Waals surface area contributed by atoms with Gasteiger partial charge in [0.2, 0.25) is 0 Å². The summed E-state index contributed by atoms with van der Waals surface area (Å²) in [6.07, 6.45) is -7.37. The van der Waals surface area contributed by atoms with Crippen molar-refractivity contribution in [3.8, 4) is 22.8 Å². The fraction of sp³-hybridized carbons (Fsp3) is 0.133. The highest BCUT2D eigenvalue weighted by atomic mass is 19.4. The predicted octanol–water partition coefficient (Wildman–Crippen LogP) is 5.11. The fourth-order valence-electron chi connectivity index (χ4n) is 2.15. The average Bonchev–Trinajstić information content (AvgIpc) is 3.16. The van der Waals surface area contributed by atoms with E-state index in [1.807, 2.05) is 0 Å². The summed E-state index contributed by atoms with van der Waals surface area (Å²) in [7, 11) is 0. The maximum Gasteiger partial charge on any atom is 0.417 e. The summed E-state index contributed by atoms with van der Waals surface area (Å²) in [5.74, 6) is 0. The number of hydrogen-bond acceptors (Lipinski definition) is 1. The zero-order valence-corrected chi connectivity index (χ0v) is 11.8. The van der Waals surface area contributed by atoms with Crippen LogP contribution in [0, 0.1) is 0 Å². The number of halogens is 6. The molecular weight excluding hydrogens is 336 g/mol. The molecule has 0 aliphatic rings. The fourth-order valence-corrected chi connectivity index (χ4v) is 2.15. The summed E-state index contributed by atoms with van der Waals surface area (Å²) < 4.78 is 75.7. The molecule has 3 aromatic rings. The van der Waals surface area contributed by atoms with Crippen molar-refractivity contribution in [3.63, 3.8) is 0 Å². The van der Waals surface area contributed by atoms with Gasteiger partial charge in [-0.2, -0.15) is 26.3 Å². The molecule has 3 rings (SSSR count). The lowest BCUT2D eigenvalue weighted by Crippen LogP contribution is -2.02. The molecule has 0 radical (unpaired) electrons. The molecule has 3 nitrogen and oxygen atoms in total. The smallest absolute Gasteiger partial charge is 0.359 e. The summed E-state index contributed by atoms with van der Waals surface area (Å²) >= 11 is 0. The number of hydrogen-bond donors (Lipinski definition) is 2. The van der Waals surface area contributed by atoms with Crippen molar-refractivity contribution in [2.45, 2.75) is 12.4 Å². The van der Waals surface area contributed by atoms with Gasteiger partial charge in [0.25, 0.3) is 0 Å². The molecule has 0 atom stereocenters. The van der Waals surface area contributed by atoms with Gasteiger partial charge in [0.15, 0.2) is 0 Å². The summed E-state index contributed by atoms with van der Waals surface area (Å²) in [6.45, 7) is 0. The van der Waals surface area contributed by atoms with Crippen molar-refractivity contribution in [2.75, 3.05) is 0 Å². The van der Waals surface area contributed by atoms with Gasteiger partial charge < -0.3 is 9.97 Å². The number of alkyl halides is 6. The molecule has 0 aliphatic carbocycles. The Bertz CT molecular complexity index is 789. The number of nitrogens with zero attached hydrogens (tertiary/aromatic N) is 1. The van der Waals surface area contributed by atoms with E-state index in [4.69, 9.17) is 0 Å². The van der Waals surface area contributed by atoms with Gasteiger partial charge in [0, 0.05) is 12.4 Å². The van der Waals surface area contributed by atoms with Crippen molar-refractivity contribution in [1.82, 2.24) is 15.0 Å². The second kappa shape index (κ2) is 5.43. The van der Waals surface area contributed by atoms with Gasteiger partial charge in [-0.1, -0.05) is 6.07 Å². The van der Waals surface area contributed by atoms with E-state index in [0.29, 0.717) is 0 Å². The van der Waals surface area contributed by atoms with Gasteiger partial charge in [-0.25, -0.2) is 4.98 Å². The quantitative estimate of drug-likeness (QED) is 0.623. The topological polar surface area (TPSA) is 44.5 Å². The van der Waals surface area contributed by atoms with Crippen LogP contribution >= 0.6 is 0 Å². The van der Waals surface area contributed by atoms with E-state index in [0.717, 1.165) is 24.5 Å². The van der Waals surface area contributed by atoms with Crippen LogP contribution in [0.4, 0.5) is 26.3 Å². The minimum absolute atomic E-state index is 0.117. The molecule has 0 aromatic carbocycles. The molecule has 3 heterocycles. The number of H-pyrrole nitrogens is 2. The standard InChI is InChI=1S/C15H9F6N3/c16-14(17,18)8-4-12(22-6-8)10-2-1-3-11(24-10)13-5-9(7-23-13)15(19,20)21/h1-7,22-23H. The Balaban J connectivity index is 1.95. The van der Waals surface area contributed by atoms with E-state index in [2.05, 4.69) is 15.0 Å². The van der Waals surface area contributed by atoms with Crippen LogP contribution in [0.15, 0.2) is 42.7 Å². The highest BCUT2D eigenvalue weighted by molar-refractivity contribution is 5.63. The maximum absolute atomic E-state index is 12.6. The highest BCUT2D eigenvalue weighted by Crippen LogP contribution is 2.33. The molecule has 0 saturated heterocycles. The van der Waals surface area contributed by atoms with Gasteiger partial charge in [-0.05, 0) is 24.3 Å². The number of nitrogens with one attached hydrogen (secondary N) is 2. The third-order valence-corrected chi connectivity index (χ3v) is 3.32. The molecule has 2 N–H and O–H groups in total. The summed E-state index contributed by atoms with van der Waals surface area (Å²) in [6, 6.07) is 6.20. The molecule has 0 fully saturated rings. The minimum Gasteiger partial charge on any atom is -0.359 e. The molecule has 9 heteroatoms. The molecule has 0 bridgehead atoms. The van der Waals surface area contributed by atoms with Gasteiger partial charge in [-0.3, -0.25) is 0 Å². The molecular formula is C15H9F6N3. The van der Waals surface area contributed by atoms with Gasteiger partial charge >= 0.3 is 12.4 Å². The third-order valence-electron chi connectivity index (χ3n) is 3.32. The van der Waals surface area contributed by atoms with Crippen LogP contribution < -0.4 is 0 Å². The van der Waals surface area contributed by atoms with E-state index in [9.17, 15) is 26.3 Å². The zero-order valence-electron chi connectivity index (χ0n) is 11.8. The third kappa shape index (κ3) is 3.15. The minimum atomic E-state index is -4.49. The summed E-state index contributed by atoms with van der Waals surface area (Å²) in [5, 5.41) is 0. The van der Waals surface area contributed by atoms with E-state index in [1.165, 1.54) is 18.2 Å². The van der Waals surface area contributed by atoms with Crippen LogP contribution in [0.25, 0.3) is 22.8 Å². The summed E-state index contributed by atoms with van der Waals surface area (Å²) in [4.78, 5) is 9.03. The molecule has 0 unspecified atom stereocenters. The lowest BCUT2D eigenvalue weighted by atomic mass is 10.2. The van der Waals surface area contributed by atoms with Crippen LogP contribution in [-0.4, -0.2) is 15.0 Å². The van der Waals surface area contributed by atoms with E-state index in [1.54, 1.807) is 0 Å². The molecule has 3 aromatic heterocycles. The van der Waals surface area contributed by atoms with Crippen LogP contribution in [0.2, 0.25) is 0 Å². The first-order valence-corrected chi connectivity index (χ1v) is 6.63. The first kappa shape index (κ1) is 16.2. The molecule has 0 aliphatic heterocycles. The van der Waals surface area contributed by atoms with Crippen molar-refractivity contribution < 1.29 is 26.3 Å². The molecule has 0 amide bonds. The van der Waals surface area contributed by atoms with Gasteiger partial charge in [-0.15, -0.1) is 0 Å². The highest BCUT2D eigenvalue weighted by Gasteiger charge is 2.32. The Morgan fingerprint density at radius 1 is 0.708 bits per heavy atom. The number of aromatic amines is 2. The lowest BCUT2D eigenvalue weighted by Gasteiger charge is -2.03. The van der Waals surface area contributed by atoms with Crippen LogP contribution in [0.5, 0.6) is 0 Å². The van der Waals surface area contributed by atoms with E-state index < -0.39 is 23.5 Å². The Morgan fingerprint density at radius 3 is 1.46 bits per heavy atom. The van der Waals surface area contributed by atoms with Crippen LogP contribution in [0.3, 0.4) is 0 Å². The number of aromatic nitrogens is 3. The molecule has 0 saturated carbocycles. The largest absolute Gasteiger partial charge is 0.417 e. The zero-order chi connectivity index (χ0) is 17.5. The average molecular weight is 345 g/mol. The number of pyridine rings is 1. The molecule has 24 heavy (non-hydrogen) atoms. The molecule has 126 valence electrons. The Kier molecular flexibility index (Phi) is 3.66. The second-order valence-electron chi connectivity index (χ2n) is 5.01. The Morgan fingerprint density at radius 2 is 1.12 bits per heavy atom. The Labute approximate surface area is 131 Å². The molecule has 0 spiro atoms. The van der Waals surface area contributed by atoms with E-state index in [-0.39, 0.29) is 22.8 Å². The van der Waals surface area contributed by atoms with Crippen LogP contribution in [0.1, 0.15) is 11.1 Å². The van der Waals surface area contributed by atoms with E-state index >= 15 is 0 Å². The maximum atomic E-state index is 12.6. The van der Waals surface area contributed by atoms with Gasteiger partial charge in [0.05, 0.1) is 33.9 Å². The van der Waals surface area contributed by atoms with Crippen LogP contribution in [-0.2, 0) is 12.4 Å². The second-order valence-corrected chi connectivity index (χ2v) is 5.01. The Hall–Kier alpha value is -2.71. The predicted molar refractivity (Wildman–Crippen MR) is 73.8 cm³/mol. The van der Waals surface area contributed by atoms with Crippen molar-refractivity contribution in [1.29, 1.82) is 0 Å². The lowest BCUT2D eigenvalue weighted by molar-refractivity contribution is -0.138. The van der Waals surface area contributed by atoms with Crippen molar-refractivity contribution >= 4 is 0 Å².